The molecule has 128 valence electrons. The monoisotopic (exact) mass is 306 g/mol. The van der Waals surface area contributed by atoms with Crippen molar-refractivity contribution in [3.05, 3.63) is 0 Å². The molecule has 4 atom stereocenters. The van der Waals surface area contributed by atoms with Crippen LogP contribution in [0.5, 0.6) is 0 Å². The summed E-state index contributed by atoms with van der Waals surface area (Å²) in [6.07, 6.45) is 19.8. The van der Waals surface area contributed by atoms with Crippen LogP contribution in [0.1, 0.15) is 96.8 Å². The van der Waals surface area contributed by atoms with Crippen molar-refractivity contribution < 1.29 is 5.11 Å². The Balaban J connectivity index is 1.48. The molecular formula is C21H38O. The van der Waals surface area contributed by atoms with Gasteiger partial charge in [-0.15, -0.1) is 0 Å². The number of aliphatic hydroxyl groups excluding tert-OH is 1. The summed E-state index contributed by atoms with van der Waals surface area (Å²) in [6.45, 7) is 2.32. The van der Waals surface area contributed by atoms with Gasteiger partial charge in [0.1, 0.15) is 0 Å². The zero-order valence-electron chi connectivity index (χ0n) is 14.8. The van der Waals surface area contributed by atoms with Crippen molar-refractivity contribution in [3.63, 3.8) is 0 Å². The summed E-state index contributed by atoms with van der Waals surface area (Å²) in [7, 11) is 0. The summed E-state index contributed by atoms with van der Waals surface area (Å²) in [5, 5.41) is 9.98. The van der Waals surface area contributed by atoms with Gasteiger partial charge in [0.25, 0.3) is 0 Å². The van der Waals surface area contributed by atoms with E-state index in [9.17, 15) is 5.11 Å². The summed E-state index contributed by atoms with van der Waals surface area (Å²) in [5.74, 6) is 4.94. The number of hydrogen-bond acceptors (Lipinski definition) is 1. The number of unbranched alkanes of at least 4 members (excludes halogenated alkanes) is 2. The fraction of sp³-hybridized carbons (Fsp3) is 1.00. The van der Waals surface area contributed by atoms with E-state index in [1.807, 2.05) is 0 Å². The maximum atomic E-state index is 9.98. The lowest BCUT2D eigenvalue weighted by atomic mass is 9.59. The molecule has 1 N–H and O–H groups in total. The van der Waals surface area contributed by atoms with E-state index < -0.39 is 0 Å². The molecule has 3 saturated carbocycles. The van der Waals surface area contributed by atoms with Crippen LogP contribution in [-0.4, -0.2) is 11.2 Å². The molecule has 0 amide bonds. The van der Waals surface area contributed by atoms with Crippen LogP contribution in [0.3, 0.4) is 0 Å². The van der Waals surface area contributed by atoms with Gasteiger partial charge in [-0.1, -0.05) is 58.3 Å². The Morgan fingerprint density at radius 1 is 0.773 bits per heavy atom. The Kier molecular flexibility index (Phi) is 6.24. The van der Waals surface area contributed by atoms with E-state index in [0.717, 1.165) is 42.4 Å². The van der Waals surface area contributed by atoms with E-state index >= 15 is 0 Å². The van der Waals surface area contributed by atoms with Crippen LogP contribution in [0.4, 0.5) is 0 Å². The molecule has 0 aliphatic heterocycles. The molecule has 0 heterocycles. The maximum Gasteiger partial charge on any atom is 0.0543 e. The van der Waals surface area contributed by atoms with Crippen molar-refractivity contribution in [2.75, 3.05) is 0 Å². The molecule has 22 heavy (non-hydrogen) atoms. The second kappa shape index (κ2) is 8.18. The van der Waals surface area contributed by atoms with E-state index in [-0.39, 0.29) is 6.10 Å². The molecule has 0 radical (unpaired) electrons. The van der Waals surface area contributed by atoms with Crippen LogP contribution < -0.4 is 0 Å². The van der Waals surface area contributed by atoms with Crippen molar-refractivity contribution in [2.45, 2.75) is 103 Å². The van der Waals surface area contributed by atoms with E-state index in [0.29, 0.717) is 0 Å². The normalized spacial score (nSPS) is 42.8. The van der Waals surface area contributed by atoms with Gasteiger partial charge in [0.05, 0.1) is 6.10 Å². The Morgan fingerprint density at radius 3 is 2.32 bits per heavy atom. The second-order valence-electron chi connectivity index (χ2n) is 8.76. The molecule has 3 rings (SSSR count). The SMILES string of the molecule is CCCCCC1CCC(C2CCCC3CC(O)CCC32)CC1. The van der Waals surface area contributed by atoms with E-state index in [1.54, 1.807) is 0 Å². The molecule has 3 aliphatic carbocycles. The molecule has 0 saturated heterocycles. The fourth-order valence-electron chi connectivity index (χ4n) is 6.16. The molecule has 0 bridgehead atoms. The third-order valence-electron chi connectivity index (χ3n) is 7.39. The summed E-state index contributed by atoms with van der Waals surface area (Å²) in [6, 6.07) is 0. The number of aliphatic hydroxyl groups is 1. The number of hydrogen-bond donors (Lipinski definition) is 1. The van der Waals surface area contributed by atoms with E-state index in [1.165, 1.54) is 77.0 Å². The van der Waals surface area contributed by atoms with Gasteiger partial charge in [-0.3, -0.25) is 0 Å². The highest BCUT2D eigenvalue weighted by atomic mass is 16.3. The predicted molar refractivity (Wildman–Crippen MR) is 93.8 cm³/mol. The summed E-state index contributed by atoms with van der Waals surface area (Å²) >= 11 is 0. The van der Waals surface area contributed by atoms with Gasteiger partial charge in [-0.2, -0.15) is 0 Å². The topological polar surface area (TPSA) is 20.2 Å². The largest absolute Gasteiger partial charge is 0.393 e. The lowest BCUT2D eigenvalue weighted by Crippen LogP contribution is -2.39. The molecule has 1 heteroatoms. The highest BCUT2D eigenvalue weighted by molar-refractivity contribution is 4.91. The minimum Gasteiger partial charge on any atom is -0.393 e. The number of rotatable bonds is 5. The van der Waals surface area contributed by atoms with Crippen molar-refractivity contribution in [1.29, 1.82) is 0 Å². The zero-order chi connectivity index (χ0) is 15.4. The highest BCUT2D eigenvalue weighted by Crippen LogP contribution is 2.50. The zero-order valence-corrected chi connectivity index (χ0v) is 14.8. The molecule has 0 aromatic heterocycles. The summed E-state index contributed by atoms with van der Waals surface area (Å²) in [4.78, 5) is 0. The molecular weight excluding hydrogens is 268 g/mol. The molecule has 0 aromatic carbocycles. The average molecular weight is 307 g/mol. The summed E-state index contributed by atoms with van der Waals surface area (Å²) < 4.78 is 0. The first-order valence-electron chi connectivity index (χ1n) is 10.5. The van der Waals surface area contributed by atoms with Crippen LogP contribution in [0.2, 0.25) is 0 Å². The molecule has 0 spiro atoms. The van der Waals surface area contributed by atoms with Crippen LogP contribution in [-0.2, 0) is 0 Å². The standard InChI is InChI=1S/C21H38O/c1-2-3-4-6-16-9-11-17(12-10-16)20-8-5-7-18-15-19(22)13-14-21(18)20/h16-22H,2-15H2,1H3. The predicted octanol–water partition coefficient (Wildman–Crippen LogP) is 5.95. The van der Waals surface area contributed by atoms with Gasteiger partial charge in [0.15, 0.2) is 0 Å². The van der Waals surface area contributed by atoms with Crippen molar-refractivity contribution in [2.24, 2.45) is 29.6 Å². The number of fused-ring (bicyclic) bond motifs is 1. The first-order chi connectivity index (χ1) is 10.8. The van der Waals surface area contributed by atoms with Gasteiger partial charge < -0.3 is 5.11 Å². The van der Waals surface area contributed by atoms with Crippen LogP contribution >= 0.6 is 0 Å². The van der Waals surface area contributed by atoms with Gasteiger partial charge in [0.2, 0.25) is 0 Å². The van der Waals surface area contributed by atoms with Gasteiger partial charge >= 0.3 is 0 Å². The van der Waals surface area contributed by atoms with Crippen molar-refractivity contribution in [3.8, 4) is 0 Å². The third kappa shape index (κ3) is 4.08. The van der Waals surface area contributed by atoms with Gasteiger partial charge in [-0.05, 0) is 68.1 Å². The Labute approximate surface area is 138 Å². The average Bonchev–Trinajstić information content (AvgIpc) is 2.55. The molecule has 4 unspecified atom stereocenters. The van der Waals surface area contributed by atoms with Gasteiger partial charge in [-0.25, -0.2) is 0 Å². The minimum absolute atomic E-state index is 0.0225. The van der Waals surface area contributed by atoms with E-state index in [2.05, 4.69) is 6.92 Å². The summed E-state index contributed by atoms with van der Waals surface area (Å²) in [5.41, 5.74) is 0. The molecule has 3 aliphatic rings. The Bertz CT molecular complexity index is 318. The van der Waals surface area contributed by atoms with Crippen LogP contribution in [0.25, 0.3) is 0 Å². The smallest absolute Gasteiger partial charge is 0.0543 e. The lowest BCUT2D eigenvalue weighted by Gasteiger charge is -2.47. The second-order valence-corrected chi connectivity index (χ2v) is 8.76. The highest BCUT2D eigenvalue weighted by Gasteiger charge is 2.41. The quantitative estimate of drug-likeness (QED) is 0.622. The fourth-order valence-corrected chi connectivity index (χ4v) is 6.16. The van der Waals surface area contributed by atoms with E-state index in [4.69, 9.17) is 0 Å². The lowest BCUT2D eigenvalue weighted by molar-refractivity contribution is -0.00582. The minimum atomic E-state index is 0.0225. The van der Waals surface area contributed by atoms with Crippen molar-refractivity contribution in [1.82, 2.24) is 0 Å². The van der Waals surface area contributed by atoms with Crippen molar-refractivity contribution >= 4 is 0 Å². The molecule has 3 fully saturated rings. The van der Waals surface area contributed by atoms with Crippen LogP contribution in [0, 0.1) is 29.6 Å². The third-order valence-corrected chi connectivity index (χ3v) is 7.39. The Hall–Kier alpha value is -0.0400. The maximum absolute atomic E-state index is 9.98. The first kappa shape index (κ1) is 16.8. The first-order valence-corrected chi connectivity index (χ1v) is 10.5. The van der Waals surface area contributed by atoms with Crippen LogP contribution in [0.15, 0.2) is 0 Å². The Morgan fingerprint density at radius 2 is 1.55 bits per heavy atom. The molecule has 1 nitrogen and oxygen atoms in total. The van der Waals surface area contributed by atoms with Gasteiger partial charge in [0, 0.05) is 0 Å². The molecule has 0 aromatic rings.